The molecule has 0 amide bonds. The van der Waals surface area contributed by atoms with Crippen molar-refractivity contribution in [1.29, 1.82) is 0 Å². The Kier molecular flexibility index (Phi) is 7.64. The third kappa shape index (κ3) is 4.66. The van der Waals surface area contributed by atoms with Crippen molar-refractivity contribution in [3.63, 3.8) is 0 Å². The van der Waals surface area contributed by atoms with Gasteiger partial charge in [0.05, 0.1) is 0 Å². The topological polar surface area (TPSA) is 0 Å². The number of hydrogen-bond donors (Lipinski definition) is 0. The first kappa shape index (κ1) is 22.3. The molecular weight excluding hydrogens is 408 g/mol. The second-order valence-electron chi connectivity index (χ2n) is 9.01. The van der Waals surface area contributed by atoms with Crippen molar-refractivity contribution in [3.05, 3.63) is 104 Å². The Morgan fingerprint density at radius 2 is 1.16 bits per heavy atom. The molecule has 0 unspecified atom stereocenters. The molecule has 0 bridgehead atoms. The molecule has 0 nitrogen and oxygen atoms in total. The molecule has 0 atom stereocenters. The van der Waals surface area contributed by atoms with E-state index in [1.165, 1.54) is 49.7 Å². The first-order chi connectivity index (χ1) is 15.3. The molecule has 0 aromatic heterocycles. The standard InChI is InChI=1S/2C10H13.2C5H5.Ti/c2*1-2-3-7-10-8-5-4-6-9-10;2*1-2-4-5-3-1;/h2*4-5,8-9H,2-3,7H2,1H3;2*1-3H,4H2;. The molecule has 31 heavy (non-hydrogen) atoms. The van der Waals surface area contributed by atoms with E-state index >= 15 is 0 Å². The molecule has 2 aromatic rings. The van der Waals surface area contributed by atoms with Crippen molar-refractivity contribution in [2.24, 2.45) is 0 Å². The second-order valence-corrected chi connectivity index (χ2v) is 15.2. The summed E-state index contributed by atoms with van der Waals surface area (Å²) in [5.74, 6) is 0. The molecule has 0 aliphatic heterocycles. The van der Waals surface area contributed by atoms with Gasteiger partial charge in [-0.2, -0.15) is 0 Å². The molecule has 0 heterocycles. The molecule has 2 aromatic carbocycles. The third-order valence-electron chi connectivity index (χ3n) is 6.86. The molecule has 0 fully saturated rings. The van der Waals surface area contributed by atoms with Crippen molar-refractivity contribution in [2.45, 2.75) is 65.2 Å². The van der Waals surface area contributed by atoms with Crippen LogP contribution in [0.3, 0.4) is 0 Å². The quantitative estimate of drug-likeness (QED) is 0.341. The van der Waals surface area contributed by atoms with Crippen molar-refractivity contribution in [1.82, 2.24) is 0 Å². The number of rotatable bonds is 10. The molecule has 2 aliphatic carbocycles. The van der Waals surface area contributed by atoms with Gasteiger partial charge in [0.2, 0.25) is 0 Å². The number of allylic oxidation sites excluding steroid dienone is 8. The summed E-state index contributed by atoms with van der Waals surface area (Å²) in [7, 11) is 0. The molecule has 0 spiro atoms. The Labute approximate surface area is 192 Å². The van der Waals surface area contributed by atoms with Crippen LogP contribution in [0, 0.1) is 0 Å². The van der Waals surface area contributed by atoms with Crippen molar-refractivity contribution >= 4 is 7.74 Å². The Morgan fingerprint density at radius 3 is 1.55 bits per heavy atom. The number of aryl methyl sites for hydroxylation is 2. The van der Waals surface area contributed by atoms with Gasteiger partial charge in [0.25, 0.3) is 0 Å². The summed E-state index contributed by atoms with van der Waals surface area (Å²) in [5, 5.41) is 0. The van der Waals surface area contributed by atoms with Gasteiger partial charge < -0.3 is 0 Å². The van der Waals surface area contributed by atoms with Gasteiger partial charge >= 0.3 is 193 Å². The molecule has 0 N–H and O–H groups in total. The van der Waals surface area contributed by atoms with E-state index in [9.17, 15) is 0 Å². The van der Waals surface area contributed by atoms with Crippen LogP contribution in [0.2, 0.25) is 0 Å². The molecule has 0 radical (unpaired) electrons. The maximum atomic E-state index is 2.58. The molecule has 2 aliphatic rings. The SMILES string of the molecule is CCCCc1ccc[c]([Ti]([C]2=CC=CC2)([C]2=CC=CC2)[c]2cccc(CCCC)c2)c1. The van der Waals surface area contributed by atoms with Crippen LogP contribution in [0.15, 0.2) is 92.7 Å². The van der Waals surface area contributed by atoms with Crippen molar-refractivity contribution in [2.75, 3.05) is 0 Å². The Hall–Kier alpha value is -1.89. The summed E-state index contributed by atoms with van der Waals surface area (Å²) < 4.78 is 6.61. The van der Waals surface area contributed by atoms with Crippen LogP contribution in [0.4, 0.5) is 0 Å². The van der Waals surface area contributed by atoms with Crippen LogP contribution in [-0.4, -0.2) is 0 Å². The van der Waals surface area contributed by atoms with Crippen LogP contribution in [0.25, 0.3) is 0 Å². The van der Waals surface area contributed by atoms with Crippen molar-refractivity contribution < 1.29 is 16.6 Å². The third-order valence-corrected chi connectivity index (χ3v) is 14.7. The van der Waals surface area contributed by atoms with Gasteiger partial charge in [-0.15, -0.1) is 0 Å². The Bertz CT molecular complexity index is 935. The molecule has 4 rings (SSSR count). The van der Waals surface area contributed by atoms with E-state index in [0.29, 0.717) is 0 Å². The van der Waals surface area contributed by atoms with Gasteiger partial charge in [0.1, 0.15) is 0 Å². The molecule has 1 heteroatoms. The zero-order chi connectivity index (χ0) is 21.5. The zero-order valence-electron chi connectivity index (χ0n) is 19.2. The summed E-state index contributed by atoms with van der Waals surface area (Å²) in [6.45, 7) is 4.58. The van der Waals surface area contributed by atoms with E-state index in [4.69, 9.17) is 0 Å². The molecule has 0 saturated carbocycles. The van der Waals surface area contributed by atoms with E-state index < -0.39 is 16.6 Å². The van der Waals surface area contributed by atoms with Gasteiger partial charge in [-0.3, -0.25) is 0 Å². The molecule has 160 valence electrons. The number of hydrogen-bond acceptors (Lipinski definition) is 0. The van der Waals surface area contributed by atoms with Crippen LogP contribution >= 0.6 is 0 Å². The van der Waals surface area contributed by atoms with Gasteiger partial charge in [-0.05, 0) is 0 Å². The van der Waals surface area contributed by atoms with Gasteiger partial charge in [0, 0.05) is 0 Å². The first-order valence-electron chi connectivity index (χ1n) is 12.2. The maximum absolute atomic E-state index is 2.94. The normalized spacial score (nSPS) is 15.4. The zero-order valence-corrected chi connectivity index (χ0v) is 20.8. The monoisotopic (exact) mass is 444 g/mol. The van der Waals surface area contributed by atoms with E-state index in [2.05, 4.69) is 98.8 Å². The summed E-state index contributed by atoms with van der Waals surface area (Å²) in [6, 6.07) is 19.4. The minimum absolute atomic E-state index is 1.11. The summed E-state index contributed by atoms with van der Waals surface area (Å²) in [6.07, 6.45) is 23.8. The van der Waals surface area contributed by atoms with Crippen molar-refractivity contribution in [3.8, 4) is 0 Å². The summed E-state index contributed by atoms with van der Waals surface area (Å²) in [5.41, 5.74) is 3.02. The second kappa shape index (κ2) is 10.6. The Morgan fingerprint density at radius 1 is 0.677 bits per heavy atom. The number of unbranched alkanes of at least 4 members (excludes halogenated alkanes) is 2. The van der Waals surface area contributed by atoms with E-state index in [1.54, 1.807) is 15.5 Å². The fraction of sp³-hybridized carbons (Fsp3) is 0.333. The first-order valence-corrected chi connectivity index (χ1v) is 15.3. The van der Waals surface area contributed by atoms with Gasteiger partial charge in [-0.1, -0.05) is 0 Å². The number of benzene rings is 2. The van der Waals surface area contributed by atoms with Crippen LogP contribution < -0.4 is 7.74 Å². The van der Waals surface area contributed by atoms with E-state index in [1.807, 2.05) is 0 Å². The van der Waals surface area contributed by atoms with Crippen LogP contribution in [0.1, 0.15) is 63.5 Å². The molecule has 0 saturated heterocycles. The average molecular weight is 444 g/mol. The predicted octanol–water partition coefficient (Wildman–Crippen LogP) is 7.16. The Balaban J connectivity index is 1.90. The van der Waals surface area contributed by atoms with E-state index in [-0.39, 0.29) is 0 Å². The summed E-state index contributed by atoms with van der Waals surface area (Å²) in [4.78, 5) is 0. The van der Waals surface area contributed by atoms with Crippen LogP contribution in [0.5, 0.6) is 0 Å². The fourth-order valence-corrected chi connectivity index (χ4v) is 13.5. The summed E-state index contributed by atoms with van der Waals surface area (Å²) >= 11 is -2.94. The van der Waals surface area contributed by atoms with E-state index in [0.717, 1.165) is 12.8 Å². The fourth-order valence-electron chi connectivity index (χ4n) is 5.25. The molecular formula is C30H36Ti. The van der Waals surface area contributed by atoms with Gasteiger partial charge in [0.15, 0.2) is 0 Å². The average Bonchev–Trinajstić information content (AvgIpc) is 3.53. The predicted molar refractivity (Wildman–Crippen MR) is 133 cm³/mol. The van der Waals surface area contributed by atoms with Gasteiger partial charge in [-0.25, -0.2) is 0 Å². The minimum atomic E-state index is -2.94. The van der Waals surface area contributed by atoms with Crippen LogP contribution in [-0.2, 0) is 29.4 Å².